The molecule has 1 unspecified atom stereocenters. The van der Waals surface area contributed by atoms with Gasteiger partial charge in [-0.15, -0.1) is 0 Å². The van der Waals surface area contributed by atoms with E-state index in [4.69, 9.17) is 22.7 Å². The number of hydrogen-bond acceptors (Lipinski definition) is 4. The van der Waals surface area contributed by atoms with Crippen LogP contribution in [0.15, 0.2) is 18.2 Å². The third-order valence-electron chi connectivity index (χ3n) is 2.91. The third kappa shape index (κ3) is 3.82. The number of carbonyl (C=O) groups is 1. The van der Waals surface area contributed by atoms with Crippen molar-refractivity contribution in [2.45, 2.75) is 19.4 Å². The first kappa shape index (κ1) is 15.2. The zero-order chi connectivity index (χ0) is 14.6. The minimum atomic E-state index is -0.288. The fourth-order valence-electron chi connectivity index (χ4n) is 1.64. The average molecular weight is 282 g/mol. The predicted molar refractivity (Wildman–Crippen MR) is 77.6 cm³/mol. The summed E-state index contributed by atoms with van der Waals surface area (Å²) in [5, 5.41) is 9.83. The Labute approximate surface area is 118 Å². The van der Waals surface area contributed by atoms with E-state index in [2.05, 4.69) is 0 Å². The maximum atomic E-state index is 12.2. The van der Waals surface area contributed by atoms with Crippen LogP contribution in [0.1, 0.15) is 23.7 Å². The summed E-state index contributed by atoms with van der Waals surface area (Å²) in [6.45, 7) is 1.84. The van der Waals surface area contributed by atoms with Crippen molar-refractivity contribution in [3.05, 3.63) is 23.8 Å². The van der Waals surface area contributed by atoms with Crippen LogP contribution in [0.2, 0.25) is 0 Å². The van der Waals surface area contributed by atoms with E-state index in [1.807, 2.05) is 6.92 Å². The maximum absolute atomic E-state index is 12.2. The van der Waals surface area contributed by atoms with E-state index >= 15 is 0 Å². The van der Waals surface area contributed by atoms with Crippen LogP contribution in [-0.2, 0) is 0 Å². The summed E-state index contributed by atoms with van der Waals surface area (Å²) in [5.41, 5.74) is 5.69. The van der Waals surface area contributed by atoms with Gasteiger partial charge < -0.3 is 20.5 Å². The summed E-state index contributed by atoms with van der Waals surface area (Å²) in [5.74, 6) is 0.0931. The number of thiocarbonyl (C=S) groups is 1. The second-order valence-electron chi connectivity index (χ2n) is 4.32. The summed E-state index contributed by atoms with van der Waals surface area (Å²) in [4.78, 5) is 14.1. The van der Waals surface area contributed by atoms with Crippen molar-refractivity contribution in [2.75, 3.05) is 14.2 Å². The topological polar surface area (TPSA) is 75.8 Å². The second kappa shape index (κ2) is 6.38. The van der Waals surface area contributed by atoms with Gasteiger partial charge in [0, 0.05) is 25.6 Å². The van der Waals surface area contributed by atoms with E-state index in [9.17, 15) is 9.90 Å². The zero-order valence-electron chi connectivity index (χ0n) is 11.2. The molecule has 1 aromatic carbocycles. The van der Waals surface area contributed by atoms with Crippen molar-refractivity contribution in [1.82, 2.24) is 4.90 Å². The van der Waals surface area contributed by atoms with Crippen LogP contribution in [0, 0.1) is 0 Å². The normalized spacial score (nSPS) is 11.7. The van der Waals surface area contributed by atoms with E-state index in [-0.39, 0.29) is 23.3 Å². The number of nitrogens with zero attached hydrogens (tertiary/aromatic N) is 1. The fraction of sp³-hybridized carbons (Fsp3) is 0.385. The third-order valence-corrected chi connectivity index (χ3v) is 3.08. The lowest BCUT2D eigenvalue weighted by Gasteiger charge is -2.25. The van der Waals surface area contributed by atoms with Gasteiger partial charge in [-0.2, -0.15) is 0 Å². The van der Waals surface area contributed by atoms with Gasteiger partial charge in [-0.05, 0) is 19.1 Å². The van der Waals surface area contributed by atoms with Gasteiger partial charge in [-0.3, -0.25) is 4.79 Å². The highest BCUT2D eigenvalue weighted by Crippen LogP contribution is 2.25. The molecule has 5 nitrogen and oxygen atoms in total. The molecule has 6 heteroatoms. The average Bonchev–Trinajstić information content (AvgIpc) is 2.36. The Balaban J connectivity index is 2.90. The smallest absolute Gasteiger partial charge is 0.257 e. The summed E-state index contributed by atoms with van der Waals surface area (Å²) in [7, 11) is 3.14. The van der Waals surface area contributed by atoms with Gasteiger partial charge in [0.1, 0.15) is 11.5 Å². The van der Waals surface area contributed by atoms with Crippen LogP contribution in [-0.4, -0.2) is 41.1 Å². The molecule has 0 spiro atoms. The molecule has 104 valence electrons. The Morgan fingerprint density at radius 3 is 2.68 bits per heavy atom. The van der Waals surface area contributed by atoms with Gasteiger partial charge in [-0.1, -0.05) is 12.2 Å². The minimum absolute atomic E-state index is 0.112. The molecule has 0 fully saturated rings. The van der Waals surface area contributed by atoms with Crippen molar-refractivity contribution in [3.8, 4) is 11.5 Å². The van der Waals surface area contributed by atoms with Gasteiger partial charge in [0.05, 0.1) is 17.7 Å². The monoisotopic (exact) mass is 282 g/mol. The SMILES string of the molecule is COc1ccc(C(=O)N(C)C(C)CC(N)=S)c(O)c1. The molecule has 0 saturated heterocycles. The minimum Gasteiger partial charge on any atom is -0.507 e. The molecule has 1 rings (SSSR count). The number of carbonyl (C=O) groups excluding carboxylic acids is 1. The van der Waals surface area contributed by atoms with Gasteiger partial charge in [-0.25, -0.2) is 0 Å². The first-order valence-electron chi connectivity index (χ1n) is 5.79. The molecule has 0 aliphatic carbocycles. The predicted octanol–water partition coefficient (Wildman–Crippen LogP) is 1.54. The molecule has 0 saturated carbocycles. The van der Waals surface area contributed by atoms with E-state index < -0.39 is 0 Å². The molecular formula is C13H18N2O3S. The number of amides is 1. The maximum Gasteiger partial charge on any atom is 0.257 e. The molecule has 1 atom stereocenters. The summed E-state index contributed by atoms with van der Waals surface area (Å²) < 4.78 is 4.97. The molecule has 0 aromatic heterocycles. The number of hydrogen-bond donors (Lipinski definition) is 2. The molecule has 0 aliphatic rings. The highest BCUT2D eigenvalue weighted by Gasteiger charge is 2.20. The van der Waals surface area contributed by atoms with Gasteiger partial charge in [0.25, 0.3) is 5.91 Å². The fourth-order valence-corrected chi connectivity index (χ4v) is 1.88. The van der Waals surface area contributed by atoms with Gasteiger partial charge >= 0.3 is 0 Å². The Kier molecular flexibility index (Phi) is 5.11. The highest BCUT2D eigenvalue weighted by molar-refractivity contribution is 7.80. The number of phenolic OH excluding ortho intramolecular Hbond substituents is 1. The van der Waals surface area contributed by atoms with E-state index in [1.165, 1.54) is 24.1 Å². The summed E-state index contributed by atoms with van der Waals surface area (Å²) in [6.07, 6.45) is 0.439. The van der Waals surface area contributed by atoms with Crippen LogP contribution in [0.3, 0.4) is 0 Å². The van der Waals surface area contributed by atoms with Crippen LogP contribution in [0.25, 0.3) is 0 Å². The molecule has 0 aliphatic heterocycles. The van der Waals surface area contributed by atoms with Crippen molar-refractivity contribution in [3.63, 3.8) is 0 Å². The number of ether oxygens (including phenoxy) is 1. The largest absolute Gasteiger partial charge is 0.507 e. The Morgan fingerprint density at radius 2 is 2.21 bits per heavy atom. The molecule has 1 amide bonds. The molecule has 0 heterocycles. The van der Waals surface area contributed by atoms with Crippen LogP contribution >= 0.6 is 12.2 Å². The van der Waals surface area contributed by atoms with Crippen molar-refractivity contribution < 1.29 is 14.6 Å². The number of phenols is 1. The number of benzene rings is 1. The van der Waals surface area contributed by atoms with Gasteiger partial charge in [0.15, 0.2) is 0 Å². The number of methoxy groups -OCH3 is 1. The molecule has 19 heavy (non-hydrogen) atoms. The summed E-state index contributed by atoms with van der Waals surface area (Å²) in [6, 6.07) is 4.42. The quantitative estimate of drug-likeness (QED) is 0.801. The molecular weight excluding hydrogens is 264 g/mol. The number of rotatable bonds is 5. The van der Waals surface area contributed by atoms with Crippen molar-refractivity contribution >= 4 is 23.1 Å². The van der Waals surface area contributed by atoms with Crippen molar-refractivity contribution in [1.29, 1.82) is 0 Å². The summed E-state index contributed by atoms with van der Waals surface area (Å²) >= 11 is 4.83. The van der Waals surface area contributed by atoms with Crippen LogP contribution in [0.5, 0.6) is 11.5 Å². The Bertz CT molecular complexity index is 491. The Hall–Kier alpha value is -1.82. The first-order valence-corrected chi connectivity index (χ1v) is 6.20. The highest BCUT2D eigenvalue weighted by atomic mass is 32.1. The molecule has 0 bridgehead atoms. The second-order valence-corrected chi connectivity index (χ2v) is 4.84. The van der Waals surface area contributed by atoms with E-state index in [0.717, 1.165) is 0 Å². The lowest BCUT2D eigenvalue weighted by Crippen LogP contribution is -2.37. The lowest BCUT2D eigenvalue weighted by atomic mass is 10.1. The van der Waals surface area contributed by atoms with Crippen molar-refractivity contribution in [2.24, 2.45) is 5.73 Å². The van der Waals surface area contributed by atoms with E-state index in [1.54, 1.807) is 13.1 Å². The first-order chi connectivity index (χ1) is 8.86. The zero-order valence-corrected chi connectivity index (χ0v) is 12.0. The van der Waals surface area contributed by atoms with Gasteiger partial charge in [0.2, 0.25) is 0 Å². The lowest BCUT2D eigenvalue weighted by molar-refractivity contribution is 0.0745. The number of nitrogens with two attached hydrogens (primary N) is 1. The van der Waals surface area contributed by atoms with Crippen LogP contribution in [0.4, 0.5) is 0 Å². The molecule has 0 radical (unpaired) electrons. The number of aromatic hydroxyl groups is 1. The van der Waals surface area contributed by atoms with E-state index in [0.29, 0.717) is 17.2 Å². The molecule has 3 N–H and O–H groups in total. The van der Waals surface area contributed by atoms with Crippen LogP contribution < -0.4 is 10.5 Å². The molecule has 1 aromatic rings. The Morgan fingerprint density at radius 1 is 1.58 bits per heavy atom. The standard InChI is InChI=1S/C13H18N2O3S/c1-8(6-12(14)19)15(2)13(17)10-5-4-9(18-3)7-11(10)16/h4-5,7-8,16H,6H2,1-3H3,(H2,14,19).